The molecule has 2 rings (SSSR count). The zero-order chi connectivity index (χ0) is 19.1. The molecule has 0 bridgehead atoms. The van der Waals surface area contributed by atoms with Gasteiger partial charge in [0, 0.05) is 16.6 Å². The van der Waals surface area contributed by atoms with Crippen molar-refractivity contribution in [1.82, 2.24) is 20.2 Å². The SMILES string of the molecule is CCCCC[C@H](C)NC(=O)CSc1nnc(-c2ccc(Cl)cc2Cl)n1N. The third kappa shape index (κ3) is 5.79. The van der Waals surface area contributed by atoms with Crippen LogP contribution in [0.5, 0.6) is 0 Å². The first kappa shape index (κ1) is 20.9. The van der Waals surface area contributed by atoms with Gasteiger partial charge in [-0.05, 0) is 31.5 Å². The van der Waals surface area contributed by atoms with Crippen molar-refractivity contribution in [3.8, 4) is 11.4 Å². The minimum Gasteiger partial charge on any atom is -0.353 e. The predicted molar refractivity (Wildman–Crippen MR) is 108 cm³/mol. The van der Waals surface area contributed by atoms with Crippen LogP contribution in [0.15, 0.2) is 23.4 Å². The van der Waals surface area contributed by atoms with Gasteiger partial charge < -0.3 is 11.2 Å². The molecule has 1 amide bonds. The Bertz CT molecular complexity index is 753. The van der Waals surface area contributed by atoms with Crippen LogP contribution < -0.4 is 11.2 Å². The fourth-order valence-corrected chi connectivity index (χ4v) is 3.61. The van der Waals surface area contributed by atoms with E-state index in [1.54, 1.807) is 18.2 Å². The van der Waals surface area contributed by atoms with Gasteiger partial charge in [0.25, 0.3) is 0 Å². The number of nitrogens with two attached hydrogens (primary N) is 1. The Hall–Kier alpha value is -1.44. The van der Waals surface area contributed by atoms with Crippen LogP contribution in [-0.4, -0.2) is 32.6 Å². The number of benzene rings is 1. The molecule has 142 valence electrons. The van der Waals surface area contributed by atoms with Crippen molar-refractivity contribution in [2.24, 2.45) is 0 Å². The molecule has 2 aromatic rings. The number of halogens is 2. The van der Waals surface area contributed by atoms with Gasteiger partial charge in [0.1, 0.15) is 0 Å². The maximum Gasteiger partial charge on any atom is 0.230 e. The molecule has 1 aromatic heterocycles. The first-order chi connectivity index (χ1) is 12.4. The molecule has 1 aromatic carbocycles. The van der Waals surface area contributed by atoms with Crippen LogP contribution in [0.3, 0.4) is 0 Å². The van der Waals surface area contributed by atoms with E-state index < -0.39 is 0 Å². The summed E-state index contributed by atoms with van der Waals surface area (Å²) in [6, 6.07) is 5.22. The zero-order valence-electron chi connectivity index (χ0n) is 14.8. The van der Waals surface area contributed by atoms with Gasteiger partial charge in [-0.15, -0.1) is 10.2 Å². The van der Waals surface area contributed by atoms with E-state index in [0.29, 0.717) is 26.6 Å². The molecule has 9 heteroatoms. The predicted octanol–water partition coefficient (Wildman–Crippen LogP) is 4.14. The van der Waals surface area contributed by atoms with Crippen molar-refractivity contribution in [2.75, 3.05) is 11.6 Å². The summed E-state index contributed by atoms with van der Waals surface area (Å²) < 4.78 is 1.33. The van der Waals surface area contributed by atoms with Gasteiger partial charge in [-0.25, -0.2) is 4.68 Å². The van der Waals surface area contributed by atoms with Gasteiger partial charge in [-0.2, -0.15) is 0 Å². The summed E-state index contributed by atoms with van der Waals surface area (Å²) in [5.74, 6) is 6.65. The lowest BCUT2D eigenvalue weighted by atomic mass is 10.1. The summed E-state index contributed by atoms with van der Waals surface area (Å²) in [5, 5.41) is 12.5. The second-order valence-electron chi connectivity index (χ2n) is 6.05. The van der Waals surface area contributed by atoms with Crippen LogP contribution in [0.2, 0.25) is 10.0 Å². The lowest BCUT2D eigenvalue weighted by Gasteiger charge is -2.13. The van der Waals surface area contributed by atoms with Crippen molar-refractivity contribution in [1.29, 1.82) is 0 Å². The average Bonchev–Trinajstić information content (AvgIpc) is 2.94. The van der Waals surface area contributed by atoms with E-state index in [0.717, 1.165) is 12.8 Å². The highest BCUT2D eigenvalue weighted by Gasteiger charge is 2.16. The summed E-state index contributed by atoms with van der Waals surface area (Å²) in [7, 11) is 0. The van der Waals surface area contributed by atoms with Gasteiger partial charge >= 0.3 is 0 Å². The third-order valence-corrected chi connectivity index (χ3v) is 5.31. The number of carbonyl (C=O) groups is 1. The lowest BCUT2D eigenvalue weighted by molar-refractivity contribution is -0.119. The Morgan fingerprint density at radius 1 is 1.35 bits per heavy atom. The van der Waals surface area contributed by atoms with Crippen molar-refractivity contribution >= 4 is 40.9 Å². The second kappa shape index (κ2) is 10.0. The summed E-state index contributed by atoms with van der Waals surface area (Å²) in [6.07, 6.45) is 4.45. The van der Waals surface area contributed by atoms with E-state index in [2.05, 4.69) is 22.4 Å². The first-order valence-electron chi connectivity index (χ1n) is 8.50. The quantitative estimate of drug-likeness (QED) is 0.365. The molecule has 0 unspecified atom stereocenters. The number of thioether (sulfide) groups is 1. The third-order valence-electron chi connectivity index (χ3n) is 3.82. The zero-order valence-corrected chi connectivity index (χ0v) is 17.2. The maximum absolute atomic E-state index is 12.1. The highest BCUT2D eigenvalue weighted by atomic mass is 35.5. The van der Waals surface area contributed by atoms with Crippen LogP contribution in [0.25, 0.3) is 11.4 Å². The number of hydrogen-bond donors (Lipinski definition) is 2. The summed E-state index contributed by atoms with van der Waals surface area (Å²) in [6.45, 7) is 4.18. The Kier molecular flexibility index (Phi) is 8.06. The standard InChI is InChI=1S/C17H23Cl2N5OS/c1-3-4-5-6-11(2)21-15(25)10-26-17-23-22-16(24(17)20)13-8-7-12(18)9-14(13)19/h7-9,11H,3-6,10,20H2,1-2H3,(H,21,25)/t11-/m0/s1. The smallest absolute Gasteiger partial charge is 0.230 e. The summed E-state index contributed by atoms with van der Waals surface area (Å²) in [4.78, 5) is 12.1. The molecule has 0 radical (unpaired) electrons. The molecular formula is C17H23Cl2N5OS. The van der Waals surface area contributed by atoms with Gasteiger partial charge in [0.15, 0.2) is 5.82 Å². The molecule has 1 atom stereocenters. The van der Waals surface area contributed by atoms with Gasteiger partial charge in [-0.1, -0.05) is 61.1 Å². The molecule has 3 N–H and O–H groups in total. The molecule has 1 heterocycles. The van der Waals surface area contributed by atoms with Crippen LogP contribution in [0.4, 0.5) is 0 Å². The van der Waals surface area contributed by atoms with Crippen molar-refractivity contribution in [3.63, 3.8) is 0 Å². The number of aromatic nitrogens is 3. The largest absolute Gasteiger partial charge is 0.353 e. The molecule has 6 nitrogen and oxygen atoms in total. The minimum absolute atomic E-state index is 0.0481. The Labute approximate surface area is 167 Å². The second-order valence-corrected chi connectivity index (χ2v) is 7.84. The fraction of sp³-hybridized carbons (Fsp3) is 0.471. The molecular weight excluding hydrogens is 393 g/mol. The first-order valence-corrected chi connectivity index (χ1v) is 10.2. The maximum atomic E-state index is 12.1. The molecule has 0 fully saturated rings. The number of nitrogens with one attached hydrogen (secondary N) is 1. The van der Waals surface area contributed by atoms with E-state index >= 15 is 0 Å². The molecule has 0 aliphatic rings. The fourth-order valence-electron chi connectivity index (χ4n) is 2.45. The molecule has 0 aliphatic heterocycles. The summed E-state index contributed by atoms with van der Waals surface area (Å²) in [5.41, 5.74) is 0.631. The topological polar surface area (TPSA) is 85.8 Å². The van der Waals surface area contributed by atoms with Gasteiger partial charge in [0.05, 0.1) is 10.8 Å². The van der Waals surface area contributed by atoms with Crippen LogP contribution in [0, 0.1) is 0 Å². The highest BCUT2D eigenvalue weighted by Crippen LogP contribution is 2.30. The molecule has 26 heavy (non-hydrogen) atoms. The van der Waals surface area contributed by atoms with E-state index in [-0.39, 0.29) is 17.7 Å². The average molecular weight is 416 g/mol. The van der Waals surface area contributed by atoms with E-state index in [4.69, 9.17) is 29.0 Å². The van der Waals surface area contributed by atoms with E-state index in [1.165, 1.54) is 29.3 Å². The lowest BCUT2D eigenvalue weighted by Crippen LogP contribution is -2.33. The molecule has 0 aliphatic carbocycles. The van der Waals surface area contributed by atoms with Crippen molar-refractivity contribution < 1.29 is 4.79 Å². The molecule has 0 saturated carbocycles. The van der Waals surface area contributed by atoms with E-state index in [1.807, 2.05) is 6.92 Å². The molecule has 0 spiro atoms. The number of carbonyl (C=O) groups excluding carboxylic acids is 1. The highest BCUT2D eigenvalue weighted by molar-refractivity contribution is 7.99. The van der Waals surface area contributed by atoms with Crippen LogP contribution in [-0.2, 0) is 4.79 Å². The number of hydrogen-bond acceptors (Lipinski definition) is 5. The number of rotatable bonds is 9. The van der Waals surface area contributed by atoms with Gasteiger partial charge in [-0.3, -0.25) is 4.79 Å². The van der Waals surface area contributed by atoms with Crippen molar-refractivity contribution in [3.05, 3.63) is 28.2 Å². The van der Waals surface area contributed by atoms with Crippen molar-refractivity contribution in [2.45, 2.75) is 50.7 Å². The number of nitrogens with zero attached hydrogens (tertiary/aromatic N) is 3. The Morgan fingerprint density at radius 2 is 2.12 bits per heavy atom. The number of unbranched alkanes of at least 4 members (excludes halogenated alkanes) is 2. The van der Waals surface area contributed by atoms with E-state index in [9.17, 15) is 4.79 Å². The van der Waals surface area contributed by atoms with Crippen LogP contribution in [0.1, 0.15) is 39.5 Å². The monoisotopic (exact) mass is 415 g/mol. The number of amides is 1. The normalized spacial score (nSPS) is 12.2. The van der Waals surface area contributed by atoms with Crippen LogP contribution >= 0.6 is 35.0 Å². The Morgan fingerprint density at radius 3 is 2.81 bits per heavy atom. The number of nitrogen functional groups attached to an aromatic ring is 1. The Balaban J connectivity index is 1.93. The summed E-state index contributed by atoms with van der Waals surface area (Å²) >= 11 is 13.3. The minimum atomic E-state index is -0.0481. The molecule has 0 saturated heterocycles. The van der Waals surface area contributed by atoms with Gasteiger partial charge in [0.2, 0.25) is 11.1 Å².